The number of ether oxygens (including phenoxy) is 2. The van der Waals surface area contributed by atoms with Gasteiger partial charge in [-0.25, -0.2) is 4.57 Å². The molecule has 0 heterocycles. The van der Waals surface area contributed by atoms with E-state index in [9.17, 15) is 28.6 Å². The van der Waals surface area contributed by atoms with Gasteiger partial charge in [0.2, 0.25) is 0 Å². The average molecular weight is 846 g/mol. The van der Waals surface area contributed by atoms with E-state index in [0.717, 1.165) is 44.9 Å². The zero-order valence-electron chi connectivity index (χ0n) is 35.5. The summed E-state index contributed by atoms with van der Waals surface area (Å²) >= 11 is 0. The van der Waals surface area contributed by atoms with Gasteiger partial charge in [0, 0.05) is 19.3 Å². The van der Waals surface area contributed by atoms with Crippen LogP contribution in [0.2, 0.25) is 0 Å². The molecule has 3 atom stereocenters. The van der Waals surface area contributed by atoms with Gasteiger partial charge in [0.1, 0.15) is 12.6 Å². The minimum atomic E-state index is -4.79. The van der Waals surface area contributed by atoms with E-state index in [4.69, 9.17) is 24.8 Å². The van der Waals surface area contributed by atoms with Crippen LogP contribution < -0.4 is 5.73 Å². The molecule has 0 saturated heterocycles. The summed E-state index contributed by atoms with van der Waals surface area (Å²) < 4.78 is 32.4. The predicted octanol–water partition coefficient (Wildman–Crippen LogP) is 10.5. The van der Waals surface area contributed by atoms with Gasteiger partial charge in [-0.2, -0.15) is 0 Å². The van der Waals surface area contributed by atoms with Gasteiger partial charge in [-0.05, 0) is 83.1 Å². The molecule has 0 bridgehead atoms. The van der Waals surface area contributed by atoms with Crippen LogP contribution >= 0.6 is 7.82 Å². The summed E-state index contributed by atoms with van der Waals surface area (Å²) in [6.07, 6.45) is 46.3. The number of aliphatic carboxylic acids is 1. The van der Waals surface area contributed by atoms with Crippen molar-refractivity contribution in [3.8, 4) is 0 Å². The third-order valence-corrected chi connectivity index (χ3v) is 9.23. The summed E-state index contributed by atoms with van der Waals surface area (Å²) in [6, 6.07) is -1.57. The Bertz CT molecular complexity index is 1430. The number of carbonyl (C=O) groups is 4. The molecule has 0 amide bonds. The van der Waals surface area contributed by atoms with Crippen LogP contribution in [0.15, 0.2) is 97.2 Å². The Morgan fingerprint density at radius 3 is 1.58 bits per heavy atom. The molecule has 0 fully saturated rings. The minimum absolute atomic E-state index is 0.0294. The maximum Gasteiger partial charge on any atom is 0.472 e. The summed E-state index contributed by atoms with van der Waals surface area (Å²) in [5.74, 6) is -2.90. The van der Waals surface area contributed by atoms with Crippen molar-refractivity contribution in [2.24, 2.45) is 5.73 Å². The molecule has 0 aromatic carbocycles. The topological polar surface area (TPSA) is 189 Å². The number of carboxylic acid groups (broad SMARTS) is 1. The standard InChI is InChI=1S/C46H72NO11P/c1-3-5-7-9-11-13-15-17-18-19-20-22-24-26-28-30-32-36-45(50)58-42(39-56-59(53,54)57-40-43(47)46(51)52)38-55-44(49)37-33-35-41(48)34-31-29-27-25-23-21-16-14-12-10-8-6-4-2/h11-14,17-18,20-23,26-29,31,34,42-43H,3-10,15-16,19,24-25,30,32-33,35-40,47H2,1-2H3,(H,51,52)(H,53,54)/b13-11-,14-12-,18-17-,22-20-,23-21-,28-26-,29-27-,34-31+/t42-,43+/m1/s1. The third kappa shape index (κ3) is 39.3. The molecule has 0 aliphatic heterocycles. The highest BCUT2D eigenvalue weighted by Gasteiger charge is 2.28. The van der Waals surface area contributed by atoms with Crippen molar-refractivity contribution in [2.45, 2.75) is 148 Å². The number of carboxylic acids is 1. The van der Waals surface area contributed by atoms with Crippen molar-refractivity contribution >= 4 is 31.5 Å². The Kier molecular flexibility index (Phi) is 36.9. The van der Waals surface area contributed by atoms with Crippen LogP contribution in [0.3, 0.4) is 0 Å². The lowest BCUT2D eigenvalue weighted by atomic mass is 10.1. The maximum atomic E-state index is 12.6. The van der Waals surface area contributed by atoms with Gasteiger partial charge in [0.25, 0.3) is 0 Å². The van der Waals surface area contributed by atoms with Crippen molar-refractivity contribution in [1.82, 2.24) is 0 Å². The molecular weight excluding hydrogens is 773 g/mol. The van der Waals surface area contributed by atoms with Crippen LogP contribution in [0, 0.1) is 0 Å². The first kappa shape index (κ1) is 55.1. The molecule has 0 radical (unpaired) electrons. The van der Waals surface area contributed by atoms with E-state index in [-0.39, 0.29) is 31.5 Å². The van der Waals surface area contributed by atoms with Crippen LogP contribution in [0.4, 0.5) is 0 Å². The van der Waals surface area contributed by atoms with Crippen molar-refractivity contribution in [2.75, 3.05) is 19.8 Å². The molecule has 0 aromatic rings. The first-order chi connectivity index (χ1) is 28.5. The highest BCUT2D eigenvalue weighted by molar-refractivity contribution is 7.47. The lowest BCUT2D eigenvalue weighted by Gasteiger charge is -2.20. The van der Waals surface area contributed by atoms with E-state index in [1.165, 1.54) is 44.6 Å². The molecule has 4 N–H and O–H groups in total. The molecule has 0 saturated carbocycles. The number of allylic oxidation sites excluding steroid dienone is 16. The Morgan fingerprint density at radius 2 is 1.05 bits per heavy atom. The summed E-state index contributed by atoms with van der Waals surface area (Å²) in [4.78, 5) is 58.1. The fourth-order valence-electron chi connectivity index (χ4n) is 4.89. The number of phosphoric acid groups is 1. The van der Waals surface area contributed by atoms with Crippen molar-refractivity contribution in [3.05, 3.63) is 97.2 Å². The fourth-order valence-corrected chi connectivity index (χ4v) is 5.67. The lowest BCUT2D eigenvalue weighted by molar-refractivity contribution is -0.161. The van der Waals surface area contributed by atoms with Gasteiger partial charge in [-0.1, -0.05) is 131 Å². The summed E-state index contributed by atoms with van der Waals surface area (Å²) in [6.45, 7) is 2.42. The van der Waals surface area contributed by atoms with Gasteiger partial charge >= 0.3 is 25.7 Å². The van der Waals surface area contributed by atoms with E-state index in [1.54, 1.807) is 12.2 Å². The molecule has 1 unspecified atom stereocenters. The van der Waals surface area contributed by atoms with Crippen molar-refractivity contribution in [3.63, 3.8) is 0 Å². The monoisotopic (exact) mass is 845 g/mol. The second-order valence-corrected chi connectivity index (χ2v) is 15.3. The van der Waals surface area contributed by atoms with E-state index in [0.29, 0.717) is 12.8 Å². The summed E-state index contributed by atoms with van der Waals surface area (Å²) in [5, 5.41) is 8.88. The van der Waals surface area contributed by atoms with E-state index >= 15 is 0 Å². The number of hydrogen-bond donors (Lipinski definition) is 3. The van der Waals surface area contributed by atoms with Crippen molar-refractivity contribution < 1.29 is 52.3 Å². The molecular formula is C46H72NO11P. The zero-order chi connectivity index (χ0) is 43.7. The number of unbranched alkanes of at least 4 members (excludes halogenated alkanes) is 7. The Labute approximate surface area is 353 Å². The van der Waals surface area contributed by atoms with E-state index in [2.05, 4.69) is 79.1 Å². The van der Waals surface area contributed by atoms with Crippen LogP contribution in [0.25, 0.3) is 0 Å². The van der Waals surface area contributed by atoms with Crippen LogP contribution in [0.5, 0.6) is 0 Å². The molecule has 59 heavy (non-hydrogen) atoms. The third-order valence-electron chi connectivity index (χ3n) is 8.28. The van der Waals surface area contributed by atoms with Gasteiger partial charge in [-0.3, -0.25) is 28.2 Å². The molecule has 0 spiro atoms. The minimum Gasteiger partial charge on any atom is -0.480 e. The lowest BCUT2D eigenvalue weighted by Crippen LogP contribution is -2.34. The highest BCUT2D eigenvalue weighted by Crippen LogP contribution is 2.43. The largest absolute Gasteiger partial charge is 0.480 e. The molecule has 12 nitrogen and oxygen atoms in total. The number of nitrogens with two attached hydrogens (primary N) is 1. The maximum absolute atomic E-state index is 12.6. The van der Waals surface area contributed by atoms with E-state index in [1.807, 2.05) is 18.2 Å². The Balaban J connectivity index is 4.69. The second-order valence-electron chi connectivity index (χ2n) is 13.8. The number of phosphoric ester groups is 1. The SMILES string of the molecule is CCCCC/C=C\C/C=C\C/C=C\C=C\C(=O)CCCC(=O)OC[C@H](COP(=O)(O)OC[C@H](N)C(=O)O)OC(=O)CCC/C=C\C/C=C\C/C=C\C/C=C\CCCCC. The van der Waals surface area contributed by atoms with Crippen LogP contribution in [0.1, 0.15) is 136 Å². The predicted molar refractivity (Wildman–Crippen MR) is 235 cm³/mol. The molecule has 332 valence electrons. The zero-order valence-corrected chi connectivity index (χ0v) is 36.4. The molecule has 0 aliphatic rings. The number of hydrogen-bond acceptors (Lipinski definition) is 10. The van der Waals surface area contributed by atoms with Gasteiger partial charge in [-0.15, -0.1) is 0 Å². The number of ketones is 1. The summed E-state index contributed by atoms with van der Waals surface area (Å²) in [7, 11) is -4.79. The fraction of sp³-hybridized carbons (Fsp3) is 0.565. The van der Waals surface area contributed by atoms with Gasteiger partial charge in [0.05, 0.1) is 13.2 Å². The van der Waals surface area contributed by atoms with Crippen molar-refractivity contribution in [1.29, 1.82) is 0 Å². The smallest absolute Gasteiger partial charge is 0.472 e. The number of carbonyl (C=O) groups excluding carboxylic acids is 3. The number of esters is 2. The van der Waals surface area contributed by atoms with Crippen LogP contribution in [-0.4, -0.2) is 65.7 Å². The van der Waals surface area contributed by atoms with Gasteiger partial charge < -0.3 is 25.2 Å². The molecule has 0 aliphatic carbocycles. The molecule has 0 rings (SSSR count). The summed E-state index contributed by atoms with van der Waals surface area (Å²) in [5.41, 5.74) is 5.31. The molecule has 13 heteroatoms. The average Bonchev–Trinajstić information content (AvgIpc) is 3.20. The Hall–Kier alpha value is -3.93. The number of rotatable bonds is 38. The second kappa shape index (κ2) is 39.5. The van der Waals surface area contributed by atoms with Crippen LogP contribution in [-0.2, 0) is 42.3 Å². The van der Waals surface area contributed by atoms with Gasteiger partial charge in [0.15, 0.2) is 11.9 Å². The highest BCUT2D eigenvalue weighted by atomic mass is 31.2. The first-order valence-electron chi connectivity index (χ1n) is 21.2. The quantitative estimate of drug-likeness (QED) is 0.0133. The Morgan fingerprint density at radius 1 is 0.576 bits per heavy atom. The normalized spacial score (nSPS) is 14.6. The van der Waals surface area contributed by atoms with E-state index < -0.39 is 57.7 Å². The first-order valence-corrected chi connectivity index (χ1v) is 22.7. The molecule has 0 aromatic heterocycles.